The molecule has 100 valence electrons. The summed E-state index contributed by atoms with van der Waals surface area (Å²) in [4.78, 5) is 4.22. The summed E-state index contributed by atoms with van der Waals surface area (Å²) < 4.78 is 0. The second kappa shape index (κ2) is 6.74. The van der Waals surface area contributed by atoms with Gasteiger partial charge in [0.2, 0.25) is 0 Å². The molecule has 0 radical (unpaired) electrons. The summed E-state index contributed by atoms with van der Waals surface area (Å²) in [6, 6.07) is 4.46. The SMILES string of the molecule is CNC(c1cccnc1N)C1CCCCCCC1. The van der Waals surface area contributed by atoms with Gasteiger partial charge in [-0.05, 0) is 31.9 Å². The molecule has 0 aliphatic heterocycles. The Morgan fingerprint density at radius 3 is 2.50 bits per heavy atom. The Kier molecular flexibility index (Phi) is 5.00. The fraction of sp³-hybridized carbons (Fsp3) is 0.667. The van der Waals surface area contributed by atoms with Crippen molar-refractivity contribution in [2.24, 2.45) is 5.92 Å². The van der Waals surface area contributed by atoms with Gasteiger partial charge in [-0.3, -0.25) is 0 Å². The minimum absolute atomic E-state index is 0.358. The summed E-state index contributed by atoms with van der Waals surface area (Å²) in [7, 11) is 2.04. The van der Waals surface area contributed by atoms with Gasteiger partial charge in [-0.15, -0.1) is 0 Å². The number of aromatic nitrogens is 1. The van der Waals surface area contributed by atoms with Gasteiger partial charge < -0.3 is 11.1 Å². The number of hydrogen-bond acceptors (Lipinski definition) is 3. The van der Waals surface area contributed by atoms with Gasteiger partial charge in [-0.1, -0.05) is 38.2 Å². The zero-order valence-electron chi connectivity index (χ0n) is 11.4. The first-order valence-electron chi connectivity index (χ1n) is 7.20. The molecule has 1 aromatic rings. The van der Waals surface area contributed by atoms with Crippen molar-refractivity contribution in [2.75, 3.05) is 12.8 Å². The molecule has 1 saturated carbocycles. The largest absolute Gasteiger partial charge is 0.383 e. The van der Waals surface area contributed by atoms with Crippen molar-refractivity contribution in [3.63, 3.8) is 0 Å². The molecule has 1 aromatic heterocycles. The van der Waals surface area contributed by atoms with Gasteiger partial charge in [0.15, 0.2) is 0 Å². The molecule has 3 heteroatoms. The first-order chi connectivity index (χ1) is 8.83. The second-order valence-corrected chi connectivity index (χ2v) is 5.35. The number of anilines is 1. The van der Waals surface area contributed by atoms with Crippen molar-refractivity contribution in [1.29, 1.82) is 0 Å². The van der Waals surface area contributed by atoms with E-state index in [9.17, 15) is 0 Å². The predicted molar refractivity (Wildman–Crippen MR) is 76.3 cm³/mol. The number of nitrogen functional groups attached to an aromatic ring is 1. The molecular weight excluding hydrogens is 222 g/mol. The van der Waals surface area contributed by atoms with Crippen LogP contribution in [0.1, 0.15) is 56.6 Å². The lowest BCUT2D eigenvalue weighted by atomic mass is 9.83. The third kappa shape index (κ3) is 3.22. The highest BCUT2D eigenvalue weighted by molar-refractivity contribution is 5.41. The smallest absolute Gasteiger partial charge is 0.128 e. The zero-order chi connectivity index (χ0) is 12.8. The molecule has 1 atom stereocenters. The van der Waals surface area contributed by atoms with E-state index in [0.717, 1.165) is 0 Å². The molecule has 1 aliphatic carbocycles. The van der Waals surface area contributed by atoms with E-state index in [0.29, 0.717) is 17.8 Å². The maximum atomic E-state index is 6.02. The van der Waals surface area contributed by atoms with E-state index in [4.69, 9.17) is 5.73 Å². The van der Waals surface area contributed by atoms with Crippen molar-refractivity contribution < 1.29 is 0 Å². The Morgan fingerprint density at radius 2 is 1.89 bits per heavy atom. The highest BCUT2D eigenvalue weighted by atomic mass is 14.9. The molecule has 3 N–H and O–H groups in total. The van der Waals surface area contributed by atoms with Crippen LogP contribution in [-0.4, -0.2) is 12.0 Å². The van der Waals surface area contributed by atoms with Crippen LogP contribution in [0.15, 0.2) is 18.3 Å². The van der Waals surface area contributed by atoms with Gasteiger partial charge >= 0.3 is 0 Å². The fourth-order valence-corrected chi connectivity index (χ4v) is 3.16. The summed E-state index contributed by atoms with van der Waals surface area (Å²) >= 11 is 0. The Hall–Kier alpha value is -1.09. The van der Waals surface area contributed by atoms with Crippen molar-refractivity contribution in [3.05, 3.63) is 23.9 Å². The molecule has 1 fully saturated rings. The van der Waals surface area contributed by atoms with E-state index in [1.54, 1.807) is 6.20 Å². The topological polar surface area (TPSA) is 50.9 Å². The number of rotatable bonds is 3. The van der Waals surface area contributed by atoms with Crippen LogP contribution in [0.3, 0.4) is 0 Å². The summed E-state index contributed by atoms with van der Waals surface area (Å²) in [6.07, 6.45) is 11.3. The molecule has 1 unspecified atom stereocenters. The number of nitrogens with two attached hydrogens (primary N) is 1. The molecule has 0 bridgehead atoms. The second-order valence-electron chi connectivity index (χ2n) is 5.35. The van der Waals surface area contributed by atoms with Gasteiger partial charge in [0.25, 0.3) is 0 Å². The third-order valence-electron chi connectivity index (χ3n) is 4.14. The Labute approximate surface area is 110 Å². The quantitative estimate of drug-likeness (QED) is 0.861. The first kappa shape index (κ1) is 13.3. The van der Waals surface area contributed by atoms with Gasteiger partial charge in [0, 0.05) is 17.8 Å². The molecule has 0 spiro atoms. The molecule has 0 aromatic carbocycles. The lowest BCUT2D eigenvalue weighted by molar-refractivity contribution is 0.300. The molecular formula is C15H25N3. The van der Waals surface area contributed by atoms with Crippen LogP contribution >= 0.6 is 0 Å². The predicted octanol–water partition coefficient (Wildman–Crippen LogP) is 3.28. The van der Waals surface area contributed by atoms with E-state index in [1.807, 2.05) is 13.1 Å². The summed E-state index contributed by atoms with van der Waals surface area (Å²) in [6.45, 7) is 0. The van der Waals surface area contributed by atoms with Crippen molar-refractivity contribution in [2.45, 2.75) is 51.0 Å². The molecule has 1 aliphatic rings. The average molecular weight is 247 g/mol. The van der Waals surface area contributed by atoms with Gasteiger partial charge in [0.05, 0.1) is 0 Å². The number of hydrogen-bond donors (Lipinski definition) is 2. The van der Waals surface area contributed by atoms with Crippen LogP contribution in [0.4, 0.5) is 5.82 Å². The van der Waals surface area contributed by atoms with E-state index < -0.39 is 0 Å². The highest BCUT2D eigenvalue weighted by Gasteiger charge is 2.23. The molecule has 2 rings (SSSR count). The molecule has 1 heterocycles. The van der Waals surface area contributed by atoms with Crippen LogP contribution in [-0.2, 0) is 0 Å². The van der Waals surface area contributed by atoms with Crippen LogP contribution in [0.25, 0.3) is 0 Å². The van der Waals surface area contributed by atoms with Crippen LogP contribution in [0.5, 0.6) is 0 Å². The first-order valence-corrected chi connectivity index (χ1v) is 7.20. The average Bonchev–Trinajstić information content (AvgIpc) is 2.34. The van der Waals surface area contributed by atoms with Crippen molar-refractivity contribution in [1.82, 2.24) is 10.3 Å². The number of nitrogens with one attached hydrogen (secondary N) is 1. The summed E-state index contributed by atoms with van der Waals surface area (Å²) in [5.41, 5.74) is 7.19. The standard InChI is InChI=1S/C15H25N3/c1-17-14(13-10-7-11-18-15(13)16)12-8-5-3-2-4-6-9-12/h7,10-12,14,17H,2-6,8-9H2,1H3,(H2,16,18). The zero-order valence-corrected chi connectivity index (χ0v) is 11.4. The molecule has 3 nitrogen and oxygen atoms in total. The van der Waals surface area contributed by atoms with Crippen LogP contribution in [0, 0.1) is 5.92 Å². The van der Waals surface area contributed by atoms with Gasteiger partial charge in [-0.25, -0.2) is 4.98 Å². The Balaban J connectivity index is 2.13. The third-order valence-corrected chi connectivity index (χ3v) is 4.14. The minimum atomic E-state index is 0.358. The highest BCUT2D eigenvalue weighted by Crippen LogP contribution is 2.34. The minimum Gasteiger partial charge on any atom is -0.383 e. The van der Waals surface area contributed by atoms with Crippen LogP contribution in [0.2, 0.25) is 0 Å². The van der Waals surface area contributed by atoms with Gasteiger partial charge in [0.1, 0.15) is 5.82 Å². The lowest BCUT2D eigenvalue weighted by Crippen LogP contribution is -2.27. The monoisotopic (exact) mass is 247 g/mol. The molecule has 0 amide bonds. The van der Waals surface area contributed by atoms with E-state index >= 15 is 0 Å². The fourth-order valence-electron chi connectivity index (χ4n) is 3.16. The van der Waals surface area contributed by atoms with Gasteiger partial charge in [-0.2, -0.15) is 0 Å². The van der Waals surface area contributed by atoms with Crippen LogP contribution < -0.4 is 11.1 Å². The van der Waals surface area contributed by atoms with E-state index in [1.165, 1.54) is 50.5 Å². The summed E-state index contributed by atoms with van der Waals surface area (Å²) in [5.74, 6) is 1.38. The molecule has 18 heavy (non-hydrogen) atoms. The van der Waals surface area contributed by atoms with Crippen molar-refractivity contribution in [3.8, 4) is 0 Å². The number of nitrogens with zero attached hydrogens (tertiary/aromatic N) is 1. The Morgan fingerprint density at radius 1 is 1.22 bits per heavy atom. The maximum Gasteiger partial charge on any atom is 0.128 e. The summed E-state index contributed by atoms with van der Waals surface area (Å²) in [5, 5.41) is 3.46. The molecule has 0 saturated heterocycles. The van der Waals surface area contributed by atoms with Crippen molar-refractivity contribution >= 4 is 5.82 Å². The maximum absolute atomic E-state index is 6.02. The van der Waals surface area contributed by atoms with E-state index in [2.05, 4.69) is 16.4 Å². The Bertz CT molecular complexity index is 357. The van der Waals surface area contributed by atoms with E-state index in [-0.39, 0.29) is 0 Å². The number of pyridine rings is 1. The lowest BCUT2D eigenvalue weighted by Gasteiger charge is -2.29. The normalized spacial score (nSPS) is 20.1.